The van der Waals surface area contributed by atoms with Gasteiger partial charge in [-0.2, -0.15) is 0 Å². The van der Waals surface area contributed by atoms with Gasteiger partial charge in [0.25, 0.3) is 8.32 Å². The van der Waals surface area contributed by atoms with Gasteiger partial charge in [-0.1, -0.05) is 81.4 Å². The number of nitrogens with zero attached hydrogens (tertiary/aromatic N) is 1. The van der Waals surface area contributed by atoms with Gasteiger partial charge in [0.2, 0.25) is 0 Å². The van der Waals surface area contributed by atoms with E-state index in [-0.39, 0.29) is 17.2 Å². The largest absolute Gasteiger partial charge is 0.444 e. The van der Waals surface area contributed by atoms with Crippen LogP contribution in [-0.4, -0.2) is 49.9 Å². The Bertz CT molecular complexity index is 1000. The van der Waals surface area contributed by atoms with E-state index in [4.69, 9.17) is 13.9 Å². The smallest absolute Gasteiger partial charge is 0.412 e. The van der Waals surface area contributed by atoms with Crippen LogP contribution in [-0.2, 0) is 13.9 Å². The first kappa shape index (κ1) is 26.9. The summed E-state index contributed by atoms with van der Waals surface area (Å²) in [5, 5.41) is 2.53. The molecule has 0 bridgehead atoms. The van der Waals surface area contributed by atoms with E-state index in [1.807, 2.05) is 39.5 Å². The standard InChI is InChI=1S/C30H43NO4Si/c1-28(2,3)35-27(32)31-26(21-33-30(31,7)8)25-19-22(25)20-34-36(29(4,5)6,23-15-11-9-12-16-23)24-17-13-10-14-18-24/h9-18,22,25-26H,19-21H2,1-8H3/t22?,25?,26-/m0/s1. The highest BCUT2D eigenvalue weighted by Crippen LogP contribution is 2.49. The van der Waals surface area contributed by atoms with Crippen LogP contribution in [0.2, 0.25) is 5.04 Å². The molecule has 36 heavy (non-hydrogen) atoms. The average Bonchev–Trinajstić information content (AvgIpc) is 3.48. The lowest BCUT2D eigenvalue weighted by Gasteiger charge is -2.43. The molecule has 1 heterocycles. The third-order valence-electron chi connectivity index (χ3n) is 7.51. The van der Waals surface area contributed by atoms with Crippen molar-refractivity contribution >= 4 is 24.8 Å². The van der Waals surface area contributed by atoms with Crippen LogP contribution in [0.15, 0.2) is 60.7 Å². The van der Waals surface area contributed by atoms with Gasteiger partial charge in [-0.25, -0.2) is 4.79 Å². The molecule has 3 atom stereocenters. The fourth-order valence-electron chi connectivity index (χ4n) is 5.74. The molecule has 4 rings (SSSR count). The van der Waals surface area contributed by atoms with Crippen molar-refractivity contribution in [3.05, 3.63) is 60.7 Å². The topological polar surface area (TPSA) is 48.0 Å². The van der Waals surface area contributed by atoms with Crippen LogP contribution in [0.3, 0.4) is 0 Å². The van der Waals surface area contributed by atoms with Crippen LogP contribution >= 0.6 is 0 Å². The van der Waals surface area contributed by atoms with Crippen molar-refractivity contribution in [2.75, 3.05) is 13.2 Å². The quantitative estimate of drug-likeness (QED) is 0.478. The highest BCUT2D eigenvalue weighted by Gasteiger charge is 2.57. The molecule has 1 amide bonds. The Balaban J connectivity index is 1.57. The summed E-state index contributed by atoms with van der Waals surface area (Å²) in [6, 6.07) is 21.5. The van der Waals surface area contributed by atoms with Crippen molar-refractivity contribution in [3.63, 3.8) is 0 Å². The Labute approximate surface area is 218 Å². The van der Waals surface area contributed by atoms with Crippen molar-refractivity contribution < 1.29 is 18.7 Å². The molecule has 1 saturated carbocycles. The highest BCUT2D eigenvalue weighted by atomic mass is 28.4. The Hall–Kier alpha value is -2.15. The molecular formula is C30H43NO4Si. The zero-order valence-corrected chi connectivity index (χ0v) is 24.2. The molecule has 2 aromatic rings. The molecule has 0 spiro atoms. The Morgan fingerprint density at radius 1 is 0.972 bits per heavy atom. The molecule has 196 valence electrons. The van der Waals surface area contributed by atoms with Gasteiger partial charge < -0.3 is 13.9 Å². The fraction of sp³-hybridized carbons (Fsp3) is 0.567. The second-order valence-electron chi connectivity index (χ2n) is 12.8. The summed E-state index contributed by atoms with van der Waals surface area (Å²) >= 11 is 0. The number of ether oxygens (including phenoxy) is 2. The van der Waals surface area contributed by atoms with Crippen LogP contribution in [0, 0.1) is 11.8 Å². The fourth-order valence-corrected chi connectivity index (χ4v) is 10.4. The first-order valence-corrected chi connectivity index (χ1v) is 15.1. The van der Waals surface area contributed by atoms with E-state index >= 15 is 0 Å². The molecule has 0 aromatic heterocycles. The molecule has 2 aromatic carbocycles. The maximum absolute atomic E-state index is 13.1. The number of rotatable bonds is 6. The van der Waals surface area contributed by atoms with E-state index < -0.39 is 19.6 Å². The minimum absolute atomic E-state index is 0.00241. The predicted molar refractivity (Wildman–Crippen MR) is 147 cm³/mol. The lowest BCUT2D eigenvalue weighted by molar-refractivity contribution is -0.0633. The summed E-state index contributed by atoms with van der Waals surface area (Å²) in [5.41, 5.74) is -1.23. The third-order valence-corrected chi connectivity index (χ3v) is 12.5. The monoisotopic (exact) mass is 509 g/mol. The van der Waals surface area contributed by atoms with Crippen molar-refractivity contribution in [1.82, 2.24) is 4.90 Å². The minimum atomic E-state index is -2.58. The van der Waals surface area contributed by atoms with Gasteiger partial charge in [-0.05, 0) is 68.3 Å². The minimum Gasteiger partial charge on any atom is -0.444 e. The molecule has 0 N–H and O–H groups in total. The van der Waals surface area contributed by atoms with Crippen molar-refractivity contribution in [2.45, 2.75) is 84.2 Å². The van der Waals surface area contributed by atoms with Crippen molar-refractivity contribution in [3.8, 4) is 0 Å². The summed E-state index contributed by atoms with van der Waals surface area (Å²) in [7, 11) is -2.58. The number of carbonyl (C=O) groups excluding carboxylic acids is 1. The molecule has 2 fully saturated rings. The van der Waals surface area contributed by atoms with Crippen LogP contribution in [0.25, 0.3) is 0 Å². The number of amides is 1. The lowest BCUT2D eigenvalue weighted by atomic mass is 10.1. The number of benzene rings is 2. The molecule has 2 aliphatic rings. The third kappa shape index (κ3) is 5.27. The van der Waals surface area contributed by atoms with Gasteiger partial charge in [0.1, 0.15) is 11.3 Å². The molecule has 1 aliphatic heterocycles. The van der Waals surface area contributed by atoms with Gasteiger partial charge in [-0.3, -0.25) is 4.90 Å². The SMILES string of the molecule is CC(C)(C)OC(=O)N1[C@H](C2CC2CO[Si](c2ccccc2)(c2ccccc2)C(C)(C)C)COC1(C)C. The Morgan fingerprint density at radius 3 is 1.97 bits per heavy atom. The second kappa shape index (κ2) is 9.62. The Morgan fingerprint density at radius 2 is 1.50 bits per heavy atom. The lowest BCUT2D eigenvalue weighted by Crippen LogP contribution is -2.66. The number of hydrogen-bond acceptors (Lipinski definition) is 4. The molecular weight excluding hydrogens is 466 g/mol. The van der Waals surface area contributed by atoms with E-state index in [0.717, 1.165) is 6.42 Å². The maximum atomic E-state index is 13.1. The van der Waals surface area contributed by atoms with E-state index in [9.17, 15) is 4.79 Å². The molecule has 1 aliphatic carbocycles. The van der Waals surface area contributed by atoms with Gasteiger partial charge in [-0.15, -0.1) is 0 Å². The molecule has 6 heteroatoms. The number of carbonyl (C=O) groups is 1. The predicted octanol–water partition coefficient (Wildman–Crippen LogP) is 5.57. The van der Waals surface area contributed by atoms with Crippen LogP contribution in [0.1, 0.15) is 61.8 Å². The summed E-state index contributed by atoms with van der Waals surface area (Å²) in [6.07, 6.45) is 0.732. The van der Waals surface area contributed by atoms with Gasteiger partial charge in [0, 0.05) is 6.61 Å². The van der Waals surface area contributed by atoms with E-state index in [2.05, 4.69) is 81.4 Å². The van der Waals surface area contributed by atoms with Gasteiger partial charge in [0.05, 0.1) is 12.6 Å². The normalized spacial score (nSPS) is 24.0. The van der Waals surface area contributed by atoms with E-state index in [1.54, 1.807) is 0 Å². The van der Waals surface area contributed by atoms with E-state index in [0.29, 0.717) is 25.0 Å². The highest BCUT2D eigenvalue weighted by molar-refractivity contribution is 6.99. The zero-order chi connectivity index (χ0) is 26.4. The first-order chi connectivity index (χ1) is 16.8. The van der Waals surface area contributed by atoms with Crippen LogP contribution in [0.5, 0.6) is 0 Å². The molecule has 0 radical (unpaired) electrons. The average molecular weight is 510 g/mol. The molecule has 5 nitrogen and oxygen atoms in total. The van der Waals surface area contributed by atoms with Gasteiger partial charge in [0.15, 0.2) is 0 Å². The summed E-state index contributed by atoms with van der Waals surface area (Å²) < 4.78 is 19.0. The van der Waals surface area contributed by atoms with Crippen molar-refractivity contribution in [1.29, 1.82) is 0 Å². The van der Waals surface area contributed by atoms with Crippen molar-refractivity contribution in [2.24, 2.45) is 11.8 Å². The maximum Gasteiger partial charge on any atom is 0.412 e. The molecule has 1 saturated heterocycles. The summed E-state index contributed by atoms with van der Waals surface area (Å²) in [4.78, 5) is 15.0. The first-order valence-electron chi connectivity index (χ1n) is 13.2. The van der Waals surface area contributed by atoms with Gasteiger partial charge >= 0.3 is 6.09 Å². The van der Waals surface area contributed by atoms with Crippen LogP contribution < -0.4 is 10.4 Å². The summed E-state index contributed by atoms with van der Waals surface area (Å²) in [5.74, 6) is 0.733. The second-order valence-corrected chi connectivity index (χ2v) is 17.1. The summed E-state index contributed by atoms with van der Waals surface area (Å²) in [6.45, 7) is 17.7. The van der Waals surface area contributed by atoms with E-state index in [1.165, 1.54) is 10.4 Å². The van der Waals surface area contributed by atoms with Crippen LogP contribution in [0.4, 0.5) is 4.79 Å². The number of hydrogen-bond donors (Lipinski definition) is 0. The molecule has 2 unspecified atom stereocenters. The zero-order valence-electron chi connectivity index (χ0n) is 23.2. The Kier molecular flexibility index (Phi) is 7.19.